The number of esters is 1. The van der Waals surface area contributed by atoms with Gasteiger partial charge in [-0.25, -0.2) is 13.6 Å². The summed E-state index contributed by atoms with van der Waals surface area (Å²) in [6.07, 6.45) is 0.917. The molecule has 3 nitrogen and oxygen atoms in total. The van der Waals surface area contributed by atoms with Crippen LogP contribution in [0, 0.1) is 11.3 Å². The summed E-state index contributed by atoms with van der Waals surface area (Å²) < 4.78 is 30.1. The lowest BCUT2D eigenvalue weighted by Gasteiger charge is -2.18. The van der Waals surface area contributed by atoms with Gasteiger partial charge in [-0.05, 0) is 12.3 Å². The number of ether oxygens (including phenoxy) is 1. The highest BCUT2D eigenvalue weighted by atomic mass is 31.0. The number of nitrogens with one attached hydrogen (secondary N) is 1. The first kappa shape index (κ1) is 15.2. The Bertz CT molecular complexity index is 276. The maximum Gasteiger partial charge on any atom is 0.339 e. The molecule has 0 saturated heterocycles. The molecule has 0 amide bonds. The summed E-state index contributed by atoms with van der Waals surface area (Å²) in [6.45, 7) is 4.95. The van der Waals surface area contributed by atoms with Crippen LogP contribution in [-0.4, -0.2) is 24.5 Å². The minimum absolute atomic E-state index is 0.0772. The number of rotatable bonds is 7. The molecule has 0 aliphatic carbocycles. The number of alkyl halides is 2. The van der Waals surface area contributed by atoms with Crippen molar-refractivity contribution in [2.75, 3.05) is 6.61 Å². The van der Waals surface area contributed by atoms with Crippen molar-refractivity contribution < 1.29 is 18.3 Å². The molecule has 0 fully saturated rings. The molecule has 0 heterocycles. The predicted octanol–water partition coefficient (Wildman–Crippen LogP) is 2.62. The number of carbonyl (C=O) groups excluding carboxylic acids is 1. The van der Waals surface area contributed by atoms with Crippen LogP contribution in [0.3, 0.4) is 0 Å². The van der Waals surface area contributed by atoms with E-state index in [0.29, 0.717) is 6.42 Å². The highest BCUT2D eigenvalue weighted by Crippen LogP contribution is 2.31. The molecule has 6 heteroatoms. The van der Waals surface area contributed by atoms with E-state index in [0.717, 1.165) is 6.21 Å². The second kappa shape index (κ2) is 6.69. The summed E-state index contributed by atoms with van der Waals surface area (Å²) in [7, 11) is 1.46. The summed E-state index contributed by atoms with van der Waals surface area (Å²) in [5.41, 5.74) is -2.93. The van der Waals surface area contributed by atoms with Crippen molar-refractivity contribution >= 4 is 21.4 Å². The molecule has 0 aromatic rings. The van der Waals surface area contributed by atoms with Gasteiger partial charge in [-0.15, -0.1) is 0 Å². The molecule has 0 saturated carbocycles. The van der Waals surface area contributed by atoms with E-state index >= 15 is 0 Å². The standard InChI is InChI=1S/C10H16F2NO2P/c1-3-8(4-10(11,12)16)6-15-9(14)7(2)5-13/h5,8,13H,2-4,6,16H2,1H3. The molecule has 0 aromatic carbocycles. The lowest BCUT2D eigenvalue weighted by Crippen LogP contribution is -2.20. The molecular weight excluding hydrogens is 235 g/mol. The topological polar surface area (TPSA) is 50.2 Å². The second-order valence-corrected chi connectivity index (χ2v) is 4.35. The van der Waals surface area contributed by atoms with Crippen molar-refractivity contribution in [3.63, 3.8) is 0 Å². The van der Waals surface area contributed by atoms with E-state index in [-0.39, 0.29) is 18.6 Å². The van der Waals surface area contributed by atoms with Crippen LogP contribution >= 0.6 is 9.24 Å². The Morgan fingerprint density at radius 2 is 2.25 bits per heavy atom. The van der Waals surface area contributed by atoms with Crippen molar-refractivity contribution in [2.24, 2.45) is 5.92 Å². The molecule has 92 valence electrons. The number of hydrogen-bond donors (Lipinski definition) is 1. The molecule has 1 N–H and O–H groups in total. The largest absolute Gasteiger partial charge is 0.462 e. The third-order valence-electron chi connectivity index (χ3n) is 2.02. The highest BCUT2D eigenvalue weighted by Gasteiger charge is 2.26. The lowest BCUT2D eigenvalue weighted by atomic mass is 10.0. The number of halogens is 2. The van der Waals surface area contributed by atoms with Gasteiger partial charge in [-0.3, -0.25) is 0 Å². The van der Waals surface area contributed by atoms with Crippen LogP contribution < -0.4 is 0 Å². The fraction of sp³-hybridized carbons (Fsp3) is 0.600. The maximum atomic E-state index is 12.7. The van der Waals surface area contributed by atoms with Crippen LogP contribution in [0.5, 0.6) is 0 Å². The van der Waals surface area contributed by atoms with Gasteiger partial charge in [0, 0.05) is 12.6 Å². The van der Waals surface area contributed by atoms with Crippen LogP contribution in [0.1, 0.15) is 19.8 Å². The lowest BCUT2D eigenvalue weighted by molar-refractivity contribution is -0.140. The SMILES string of the molecule is C=C(C=N)C(=O)OCC(CC)CC(F)(F)P. The molecular formula is C10H16F2NO2P. The first-order valence-electron chi connectivity index (χ1n) is 4.83. The average Bonchev–Trinajstić information content (AvgIpc) is 2.20. The van der Waals surface area contributed by atoms with Crippen molar-refractivity contribution in [1.29, 1.82) is 5.41 Å². The van der Waals surface area contributed by atoms with Crippen molar-refractivity contribution in [3.05, 3.63) is 12.2 Å². The molecule has 0 spiro atoms. The summed E-state index contributed by atoms with van der Waals surface area (Å²) in [6, 6.07) is 0. The van der Waals surface area contributed by atoms with Gasteiger partial charge in [-0.2, -0.15) is 0 Å². The number of hydrogen-bond acceptors (Lipinski definition) is 3. The summed E-state index contributed by atoms with van der Waals surface area (Å²) in [4.78, 5) is 11.1. The smallest absolute Gasteiger partial charge is 0.339 e. The van der Waals surface area contributed by atoms with Crippen LogP contribution in [0.15, 0.2) is 12.2 Å². The minimum Gasteiger partial charge on any atom is -0.462 e. The molecule has 16 heavy (non-hydrogen) atoms. The van der Waals surface area contributed by atoms with Crippen LogP contribution in [0.4, 0.5) is 8.78 Å². The summed E-state index contributed by atoms with van der Waals surface area (Å²) in [5, 5.41) is 6.77. The molecule has 0 radical (unpaired) electrons. The first-order valence-corrected chi connectivity index (χ1v) is 5.41. The van der Waals surface area contributed by atoms with E-state index < -0.39 is 17.6 Å². The van der Waals surface area contributed by atoms with Crippen molar-refractivity contribution in [2.45, 2.75) is 25.4 Å². The molecule has 2 unspecified atom stereocenters. The van der Waals surface area contributed by atoms with E-state index in [9.17, 15) is 13.6 Å². The van der Waals surface area contributed by atoms with E-state index in [1.165, 1.54) is 9.24 Å². The Kier molecular flexibility index (Phi) is 6.34. The molecule has 0 bridgehead atoms. The van der Waals surface area contributed by atoms with Crippen LogP contribution in [0.2, 0.25) is 0 Å². The van der Waals surface area contributed by atoms with Gasteiger partial charge < -0.3 is 10.1 Å². The molecule has 0 rings (SSSR count). The molecule has 0 aromatic heterocycles. The summed E-state index contributed by atoms with van der Waals surface area (Å²) >= 11 is 0. The van der Waals surface area contributed by atoms with Gasteiger partial charge in [0.2, 0.25) is 0 Å². The first-order chi connectivity index (χ1) is 7.30. The van der Waals surface area contributed by atoms with Gasteiger partial charge >= 0.3 is 5.97 Å². The van der Waals surface area contributed by atoms with E-state index in [4.69, 9.17) is 10.1 Å². The third-order valence-corrected chi connectivity index (χ3v) is 2.26. The van der Waals surface area contributed by atoms with Gasteiger partial charge in [-0.1, -0.05) is 22.7 Å². The third kappa shape index (κ3) is 6.62. The monoisotopic (exact) mass is 251 g/mol. The quantitative estimate of drug-likeness (QED) is 0.327. The molecule has 0 aliphatic heterocycles. The molecule has 0 aliphatic rings. The van der Waals surface area contributed by atoms with E-state index in [1.54, 1.807) is 6.92 Å². The van der Waals surface area contributed by atoms with Crippen molar-refractivity contribution in [1.82, 2.24) is 0 Å². The van der Waals surface area contributed by atoms with E-state index in [1.807, 2.05) is 0 Å². The van der Waals surface area contributed by atoms with Gasteiger partial charge in [0.05, 0.1) is 12.2 Å². The normalized spacial score (nSPS) is 13.0. The Morgan fingerprint density at radius 3 is 2.62 bits per heavy atom. The minimum atomic E-state index is -2.84. The highest BCUT2D eigenvalue weighted by molar-refractivity contribution is 7.18. The average molecular weight is 251 g/mol. The molecule has 2 atom stereocenters. The maximum absolute atomic E-state index is 12.7. The zero-order valence-electron chi connectivity index (χ0n) is 9.13. The van der Waals surface area contributed by atoms with Gasteiger partial charge in [0.25, 0.3) is 5.66 Å². The fourth-order valence-corrected chi connectivity index (χ4v) is 1.38. The predicted molar refractivity (Wildman–Crippen MR) is 61.9 cm³/mol. The van der Waals surface area contributed by atoms with Crippen molar-refractivity contribution in [3.8, 4) is 0 Å². The Morgan fingerprint density at radius 1 is 1.69 bits per heavy atom. The van der Waals surface area contributed by atoms with Crippen LogP contribution in [0.25, 0.3) is 0 Å². The van der Waals surface area contributed by atoms with Gasteiger partial charge in [0.15, 0.2) is 0 Å². The van der Waals surface area contributed by atoms with E-state index in [2.05, 4.69) is 6.58 Å². The van der Waals surface area contributed by atoms with Gasteiger partial charge in [0.1, 0.15) is 0 Å². The number of carbonyl (C=O) groups is 1. The summed E-state index contributed by atoms with van der Waals surface area (Å²) in [5.74, 6) is -1.13. The van der Waals surface area contributed by atoms with Crippen LogP contribution in [-0.2, 0) is 9.53 Å². The fourth-order valence-electron chi connectivity index (χ4n) is 1.05. The Hall–Kier alpha value is -0.830. The second-order valence-electron chi connectivity index (χ2n) is 3.51. The Labute approximate surface area is 96.0 Å². The zero-order chi connectivity index (χ0) is 12.8. The Balaban J connectivity index is 4.11. The zero-order valence-corrected chi connectivity index (χ0v) is 10.3.